The summed E-state index contributed by atoms with van der Waals surface area (Å²) in [6.45, 7) is 0.779. The van der Waals surface area contributed by atoms with Crippen LogP contribution in [0.4, 0.5) is 17.8 Å². The first-order valence-electron chi connectivity index (χ1n) is 5.25. The molecule has 90 valence electrons. The second-order valence-corrected chi connectivity index (χ2v) is 3.74. The molecule has 0 unspecified atom stereocenters. The average molecular weight is 233 g/mol. The topological polar surface area (TPSA) is 110 Å². The molecule has 2 aromatic rings. The highest BCUT2D eigenvalue weighted by Crippen LogP contribution is 2.09. The Kier molecular flexibility index (Phi) is 3.08. The minimum absolute atomic E-state index is 0.140. The van der Waals surface area contributed by atoms with Gasteiger partial charge in [0.2, 0.25) is 17.8 Å². The Labute approximate surface area is 98.9 Å². The molecule has 0 aliphatic carbocycles. The summed E-state index contributed by atoms with van der Waals surface area (Å²) in [6, 6.07) is 2.03. The molecule has 2 aromatic heterocycles. The summed E-state index contributed by atoms with van der Waals surface area (Å²) < 4.78 is 0. The van der Waals surface area contributed by atoms with Gasteiger partial charge in [0, 0.05) is 26.0 Å². The number of anilines is 3. The average Bonchev–Trinajstić information content (AvgIpc) is 2.77. The lowest BCUT2D eigenvalue weighted by molar-refractivity contribution is 0.834. The molecule has 2 heterocycles. The highest BCUT2D eigenvalue weighted by atomic mass is 15.3. The van der Waals surface area contributed by atoms with Gasteiger partial charge >= 0.3 is 0 Å². The highest BCUT2D eigenvalue weighted by molar-refractivity contribution is 5.39. The zero-order chi connectivity index (χ0) is 12.3. The zero-order valence-electron chi connectivity index (χ0n) is 9.59. The zero-order valence-corrected chi connectivity index (χ0v) is 9.59. The van der Waals surface area contributed by atoms with Crippen LogP contribution in [0.2, 0.25) is 0 Å². The third kappa shape index (κ3) is 2.83. The minimum Gasteiger partial charge on any atom is -0.368 e. The molecule has 0 bridgehead atoms. The summed E-state index contributed by atoms with van der Waals surface area (Å²) in [7, 11) is 1.89. The number of aromatic nitrogens is 4. The third-order valence-corrected chi connectivity index (χ3v) is 2.40. The molecule has 0 spiro atoms. The Morgan fingerprint density at radius 2 is 1.94 bits per heavy atom. The van der Waals surface area contributed by atoms with Crippen molar-refractivity contribution in [2.24, 2.45) is 0 Å². The molecule has 0 saturated carbocycles. The lowest BCUT2D eigenvalue weighted by Gasteiger charge is -2.16. The Morgan fingerprint density at radius 3 is 2.53 bits per heavy atom. The van der Waals surface area contributed by atoms with Crippen LogP contribution in [0.15, 0.2) is 18.5 Å². The monoisotopic (exact) mass is 233 g/mol. The van der Waals surface area contributed by atoms with Gasteiger partial charge in [0.15, 0.2) is 0 Å². The van der Waals surface area contributed by atoms with Gasteiger partial charge in [0.1, 0.15) is 0 Å². The standard InChI is InChI=1S/C10H15N7/c1-17(5-3-7-2-4-13-6-7)10-15-8(11)14-9(12)16-10/h2,4,6,13H,3,5H2,1H3,(H4,11,12,14,15,16). The van der Waals surface area contributed by atoms with Gasteiger partial charge in [-0.3, -0.25) is 0 Å². The van der Waals surface area contributed by atoms with Crippen molar-refractivity contribution >= 4 is 17.8 Å². The van der Waals surface area contributed by atoms with Gasteiger partial charge in [-0.25, -0.2) is 0 Å². The van der Waals surface area contributed by atoms with Crippen LogP contribution in [0.25, 0.3) is 0 Å². The first-order valence-corrected chi connectivity index (χ1v) is 5.25. The third-order valence-electron chi connectivity index (χ3n) is 2.40. The van der Waals surface area contributed by atoms with Crippen molar-refractivity contribution in [3.8, 4) is 0 Å². The van der Waals surface area contributed by atoms with E-state index in [-0.39, 0.29) is 11.9 Å². The van der Waals surface area contributed by atoms with Crippen molar-refractivity contribution in [1.29, 1.82) is 0 Å². The van der Waals surface area contributed by atoms with E-state index in [0.717, 1.165) is 13.0 Å². The van der Waals surface area contributed by atoms with E-state index in [1.807, 2.05) is 30.4 Å². The maximum Gasteiger partial charge on any atom is 0.231 e. The molecule has 0 aliphatic heterocycles. The van der Waals surface area contributed by atoms with E-state index >= 15 is 0 Å². The van der Waals surface area contributed by atoms with Gasteiger partial charge in [0.05, 0.1) is 0 Å². The first kappa shape index (κ1) is 11.2. The lowest BCUT2D eigenvalue weighted by atomic mass is 10.2. The van der Waals surface area contributed by atoms with Crippen LogP contribution in [-0.4, -0.2) is 33.5 Å². The van der Waals surface area contributed by atoms with Crippen LogP contribution in [0.1, 0.15) is 5.56 Å². The van der Waals surface area contributed by atoms with Crippen molar-refractivity contribution in [3.05, 3.63) is 24.0 Å². The van der Waals surface area contributed by atoms with E-state index in [4.69, 9.17) is 11.5 Å². The summed E-state index contributed by atoms with van der Waals surface area (Å²) in [5.41, 5.74) is 12.3. The van der Waals surface area contributed by atoms with E-state index < -0.39 is 0 Å². The molecule has 0 amide bonds. The summed E-state index contributed by atoms with van der Waals surface area (Å²) >= 11 is 0. The number of nitrogens with one attached hydrogen (secondary N) is 1. The van der Waals surface area contributed by atoms with Gasteiger partial charge in [-0.1, -0.05) is 0 Å². The summed E-state index contributed by atoms with van der Waals surface area (Å²) in [6.07, 6.45) is 4.75. The number of H-pyrrole nitrogens is 1. The van der Waals surface area contributed by atoms with E-state index in [1.165, 1.54) is 5.56 Å². The normalized spacial score (nSPS) is 10.4. The molecule has 2 rings (SSSR count). The smallest absolute Gasteiger partial charge is 0.231 e. The number of nitrogen functional groups attached to an aromatic ring is 2. The summed E-state index contributed by atoms with van der Waals surface area (Å²) in [5, 5.41) is 0. The predicted octanol–water partition coefficient (Wildman–Crippen LogP) is 0.0430. The fraction of sp³-hybridized carbons (Fsp3) is 0.300. The molecule has 0 aromatic carbocycles. The van der Waals surface area contributed by atoms with Crippen molar-refractivity contribution in [2.75, 3.05) is 30.0 Å². The Balaban J connectivity index is 2.01. The van der Waals surface area contributed by atoms with Crippen LogP contribution in [0.5, 0.6) is 0 Å². The van der Waals surface area contributed by atoms with Crippen LogP contribution in [0, 0.1) is 0 Å². The molecule has 5 N–H and O–H groups in total. The van der Waals surface area contributed by atoms with Crippen molar-refractivity contribution in [2.45, 2.75) is 6.42 Å². The largest absolute Gasteiger partial charge is 0.368 e. The van der Waals surface area contributed by atoms with E-state index in [0.29, 0.717) is 5.95 Å². The molecule has 17 heavy (non-hydrogen) atoms. The predicted molar refractivity (Wildman–Crippen MR) is 66.4 cm³/mol. The molecular formula is C10H15N7. The molecular weight excluding hydrogens is 218 g/mol. The van der Waals surface area contributed by atoms with E-state index in [9.17, 15) is 0 Å². The van der Waals surface area contributed by atoms with E-state index in [1.54, 1.807) is 0 Å². The van der Waals surface area contributed by atoms with Crippen LogP contribution in [-0.2, 0) is 6.42 Å². The summed E-state index contributed by atoms with van der Waals surface area (Å²) in [4.78, 5) is 16.7. The SMILES string of the molecule is CN(CCc1cc[nH]c1)c1nc(N)nc(N)n1. The van der Waals surface area contributed by atoms with Crippen LogP contribution in [0.3, 0.4) is 0 Å². The molecule has 7 heteroatoms. The van der Waals surface area contributed by atoms with Crippen molar-refractivity contribution in [3.63, 3.8) is 0 Å². The fourth-order valence-electron chi connectivity index (χ4n) is 1.48. The fourth-order valence-corrected chi connectivity index (χ4v) is 1.48. The number of nitrogens with zero attached hydrogens (tertiary/aromatic N) is 4. The van der Waals surface area contributed by atoms with Gasteiger partial charge in [-0.05, 0) is 18.1 Å². The molecule has 7 nitrogen and oxygen atoms in total. The Hall–Kier alpha value is -2.31. The number of rotatable bonds is 4. The van der Waals surface area contributed by atoms with Crippen molar-refractivity contribution in [1.82, 2.24) is 19.9 Å². The van der Waals surface area contributed by atoms with Crippen LogP contribution < -0.4 is 16.4 Å². The van der Waals surface area contributed by atoms with Gasteiger partial charge < -0.3 is 21.4 Å². The number of hydrogen-bond donors (Lipinski definition) is 3. The second-order valence-electron chi connectivity index (χ2n) is 3.74. The number of likely N-dealkylation sites (N-methyl/N-ethyl adjacent to an activating group) is 1. The number of aromatic amines is 1. The highest BCUT2D eigenvalue weighted by Gasteiger charge is 2.07. The van der Waals surface area contributed by atoms with Gasteiger partial charge in [0.25, 0.3) is 0 Å². The Morgan fingerprint density at radius 1 is 1.24 bits per heavy atom. The molecule has 0 saturated heterocycles. The lowest BCUT2D eigenvalue weighted by Crippen LogP contribution is -2.23. The van der Waals surface area contributed by atoms with Gasteiger partial charge in [-0.2, -0.15) is 15.0 Å². The minimum atomic E-state index is 0.140. The van der Waals surface area contributed by atoms with E-state index in [2.05, 4.69) is 19.9 Å². The van der Waals surface area contributed by atoms with Crippen molar-refractivity contribution < 1.29 is 0 Å². The number of nitrogens with two attached hydrogens (primary N) is 2. The second kappa shape index (κ2) is 4.69. The molecule has 0 atom stereocenters. The van der Waals surface area contributed by atoms with Gasteiger partial charge in [-0.15, -0.1) is 0 Å². The maximum absolute atomic E-state index is 5.51. The maximum atomic E-state index is 5.51. The summed E-state index contributed by atoms with van der Waals surface area (Å²) in [5.74, 6) is 0.771. The number of hydrogen-bond acceptors (Lipinski definition) is 6. The molecule has 0 fully saturated rings. The quantitative estimate of drug-likeness (QED) is 0.688. The van der Waals surface area contributed by atoms with Crippen LogP contribution >= 0.6 is 0 Å². The Bertz CT molecular complexity index is 459. The molecule has 0 aliphatic rings. The molecule has 0 radical (unpaired) electrons. The first-order chi connectivity index (χ1) is 8.15.